The van der Waals surface area contributed by atoms with Crippen molar-refractivity contribution in [1.82, 2.24) is 5.16 Å². The summed E-state index contributed by atoms with van der Waals surface area (Å²) in [7, 11) is -2.47. The molecule has 0 atom stereocenters. The van der Waals surface area contributed by atoms with E-state index in [1.807, 2.05) is 30.3 Å². The molecule has 4 rings (SSSR count). The summed E-state index contributed by atoms with van der Waals surface area (Å²) in [5.74, 6) is 0.386. The maximum absolute atomic E-state index is 12.9. The van der Waals surface area contributed by atoms with E-state index >= 15 is 0 Å². The monoisotopic (exact) mass is 380 g/mol. The highest BCUT2D eigenvalue weighted by Crippen LogP contribution is 2.32. The van der Waals surface area contributed by atoms with Gasteiger partial charge >= 0.3 is 0 Å². The molecule has 0 amide bonds. The number of methoxy groups -OCH3 is 1. The van der Waals surface area contributed by atoms with E-state index in [1.165, 1.54) is 13.2 Å². The summed E-state index contributed by atoms with van der Waals surface area (Å²) in [4.78, 5) is 0.0248. The Morgan fingerprint density at radius 2 is 1.67 bits per heavy atom. The normalized spacial score (nSPS) is 11.4. The molecule has 0 saturated heterocycles. The lowest BCUT2D eigenvalue weighted by atomic mass is 10.1. The predicted octanol–water partition coefficient (Wildman–Crippen LogP) is 4.30. The molecule has 6 nitrogen and oxygen atoms in total. The van der Waals surface area contributed by atoms with Crippen LogP contribution in [0, 0.1) is 0 Å². The molecule has 0 bridgehead atoms. The van der Waals surface area contributed by atoms with Gasteiger partial charge in [0.25, 0.3) is 10.0 Å². The molecule has 1 aromatic heterocycles. The van der Waals surface area contributed by atoms with Crippen LogP contribution in [0.2, 0.25) is 0 Å². The Labute approximate surface area is 156 Å². The lowest BCUT2D eigenvalue weighted by Crippen LogP contribution is -2.14. The number of aromatic nitrogens is 1. The van der Waals surface area contributed by atoms with Crippen molar-refractivity contribution >= 4 is 26.8 Å². The quantitative estimate of drug-likeness (QED) is 0.558. The molecule has 7 heteroatoms. The minimum atomic E-state index is -3.91. The number of benzene rings is 3. The van der Waals surface area contributed by atoms with Gasteiger partial charge in [0.05, 0.1) is 12.5 Å². The average molecular weight is 380 g/mol. The van der Waals surface area contributed by atoms with E-state index in [-0.39, 0.29) is 16.5 Å². The highest BCUT2D eigenvalue weighted by atomic mass is 32.2. The molecule has 0 fully saturated rings. The fourth-order valence-electron chi connectivity index (χ4n) is 2.84. The summed E-state index contributed by atoms with van der Waals surface area (Å²) < 4.78 is 38.8. The van der Waals surface area contributed by atoms with Crippen molar-refractivity contribution < 1.29 is 17.7 Å². The summed E-state index contributed by atoms with van der Waals surface area (Å²) in [5, 5.41) is 4.40. The van der Waals surface area contributed by atoms with Crippen molar-refractivity contribution in [2.75, 3.05) is 11.8 Å². The second-order valence-corrected chi connectivity index (χ2v) is 7.52. The molecule has 0 unspecified atom stereocenters. The molecule has 0 saturated carbocycles. The summed E-state index contributed by atoms with van der Waals surface area (Å²) in [6.45, 7) is 0. The van der Waals surface area contributed by atoms with Crippen LogP contribution in [0.1, 0.15) is 0 Å². The van der Waals surface area contributed by atoms with Crippen molar-refractivity contribution in [2.45, 2.75) is 4.90 Å². The van der Waals surface area contributed by atoms with Gasteiger partial charge in [-0.2, -0.15) is 0 Å². The van der Waals surface area contributed by atoms with Crippen LogP contribution in [0.5, 0.6) is 5.75 Å². The van der Waals surface area contributed by atoms with Crippen molar-refractivity contribution in [1.29, 1.82) is 0 Å². The number of para-hydroxylation sites is 1. The van der Waals surface area contributed by atoms with Crippen LogP contribution in [0.25, 0.3) is 22.1 Å². The predicted molar refractivity (Wildman–Crippen MR) is 103 cm³/mol. The van der Waals surface area contributed by atoms with Crippen molar-refractivity contribution in [3.05, 3.63) is 72.8 Å². The first kappa shape index (κ1) is 17.1. The van der Waals surface area contributed by atoms with Gasteiger partial charge in [0.15, 0.2) is 11.4 Å². The first-order valence-electron chi connectivity index (χ1n) is 8.19. The smallest absolute Gasteiger partial charge is 0.266 e. The van der Waals surface area contributed by atoms with E-state index in [0.29, 0.717) is 11.0 Å². The average Bonchev–Trinajstić information content (AvgIpc) is 3.10. The van der Waals surface area contributed by atoms with Gasteiger partial charge in [-0.1, -0.05) is 53.7 Å². The Balaban J connectivity index is 1.73. The Morgan fingerprint density at radius 3 is 2.44 bits per heavy atom. The number of anilines is 1. The summed E-state index contributed by atoms with van der Waals surface area (Å²) >= 11 is 0. The largest absolute Gasteiger partial charge is 0.495 e. The van der Waals surface area contributed by atoms with Crippen LogP contribution in [0.4, 0.5) is 5.82 Å². The van der Waals surface area contributed by atoms with E-state index in [2.05, 4.69) is 9.88 Å². The number of hydrogen-bond donors (Lipinski definition) is 1. The van der Waals surface area contributed by atoms with Gasteiger partial charge in [-0.25, -0.2) is 8.42 Å². The zero-order valence-electron chi connectivity index (χ0n) is 14.4. The third-order valence-electron chi connectivity index (χ3n) is 4.17. The Bertz CT molecular complexity index is 1200. The maximum atomic E-state index is 12.9. The molecule has 3 aromatic carbocycles. The fourth-order valence-corrected chi connectivity index (χ4v) is 4.01. The zero-order valence-corrected chi connectivity index (χ0v) is 15.2. The van der Waals surface area contributed by atoms with Gasteiger partial charge in [0.2, 0.25) is 0 Å². The van der Waals surface area contributed by atoms with E-state index in [0.717, 1.165) is 11.1 Å². The number of rotatable bonds is 5. The molecular weight excluding hydrogens is 364 g/mol. The van der Waals surface area contributed by atoms with Gasteiger partial charge < -0.3 is 9.26 Å². The van der Waals surface area contributed by atoms with Crippen LogP contribution in [0.3, 0.4) is 0 Å². The van der Waals surface area contributed by atoms with Gasteiger partial charge in [-0.3, -0.25) is 4.72 Å². The topological polar surface area (TPSA) is 81.4 Å². The van der Waals surface area contributed by atoms with Crippen LogP contribution < -0.4 is 9.46 Å². The van der Waals surface area contributed by atoms with Gasteiger partial charge in [-0.05, 0) is 35.4 Å². The van der Waals surface area contributed by atoms with E-state index < -0.39 is 10.0 Å². The molecule has 4 aromatic rings. The van der Waals surface area contributed by atoms with E-state index in [1.54, 1.807) is 36.4 Å². The lowest BCUT2D eigenvalue weighted by molar-refractivity contribution is 0.403. The van der Waals surface area contributed by atoms with Gasteiger partial charge in [0.1, 0.15) is 10.6 Å². The maximum Gasteiger partial charge on any atom is 0.266 e. The number of nitrogens with zero attached hydrogens (tertiary/aromatic N) is 1. The number of nitrogens with one attached hydrogen (secondary N) is 1. The highest BCUT2D eigenvalue weighted by Gasteiger charge is 2.23. The molecule has 136 valence electrons. The van der Waals surface area contributed by atoms with Gasteiger partial charge in [-0.15, -0.1) is 0 Å². The third-order valence-corrected chi connectivity index (χ3v) is 5.55. The van der Waals surface area contributed by atoms with E-state index in [4.69, 9.17) is 9.26 Å². The minimum absolute atomic E-state index is 0.0248. The first-order chi connectivity index (χ1) is 13.1. The Hall–Kier alpha value is -3.32. The van der Waals surface area contributed by atoms with Gasteiger partial charge in [0, 0.05) is 0 Å². The minimum Gasteiger partial charge on any atom is -0.495 e. The SMILES string of the molecule is COc1cc(-c2ccccc2)ccc1S(=O)(=O)Nc1noc2ccccc12. The third kappa shape index (κ3) is 3.24. The molecule has 27 heavy (non-hydrogen) atoms. The van der Waals surface area contributed by atoms with Crippen molar-refractivity contribution in [3.63, 3.8) is 0 Å². The number of sulfonamides is 1. The molecule has 0 aliphatic rings. The van der Waals surface area contributed by atoms with Crippen LogP contribution in [-0.4, -0.2) is 20.7 Å². The Morgan fingerprint density at radius 1 is 0.926 bits per heavy atom. The fraction of sp³-hybridized carbons (Fsp3) is 0.0500. The van der Waals surface area contributed by atoms with Crippen LogP contribution in [-0.2, 0) is 10.0 Å². The molecule has 0 aliphatic heterocycles. The first-order valence-corrected chi connectivity index (χ1v) is 9.67. The second kappa shape index (κ2) is 6.77. The molecule has 0 aliphatic carbocycles. The summed E-state index contributed by atoms with van der Waals surface area (Å²) in [6.07, 6.45) is 0. The number of fused-ring (bicyclic) bond motifs is 1. The highest BCUT2D eigenvalue weighted by molar-refractivity contribution is 7.92. The van der Waals surface area contributed by atoms with Crippen molar-refractivity contribution in [3.8, 4) is 16.9 Å². The number of hydrogen-bond acceptors (Lipinski definition) is 5. The van der Waals surface area contributed by atoms with Crippen molar-refractivity contribution in [2.24, 2.45) is 0 Å². The van der Waals surface area contributed by atoms with Crippen LogP contribution >= 0.6 is 0 Å². The standard InChI is InChI=1S/C20H16N2O4S/c1-25-18-13-15(14-7-3-2-4-8-14)11-12-19(18)27(23,24)22-20-16-9-5-6-10-17(16)26-21-20/h2-13H,1H3,(H,21,22). The Kier molecular flexibility index (Phi) is 4.29. The summed E-state index contributed by atoms with van der Waals surface area (Å²) in [6, 6.07) is 21.6. The van der Waals surface area contributed by atoms with Crippen LogP contribution in [0.15, 0.2) is 82.2 Å². The molecule has 1 heterocycles. The second-order valence-electron chi connectivity index (χ2n) is 5.86. The molecule has 1 N–H and O–H groups in total. The summed E-state index contributed by atoms with van der Waals surface area (Å²) in [5.41, 5.74) is 2.33. The molecule has 0 spiro atoms. The number of ether oxygens (including phenoxy) is 1. The van der Waals surface area contributed by atoms with E-state index in [9.17, 15) is 8.42 Å². The zero-order chi connectivity index (χ0) is 18.9. The molecular formula is C20H16N2O4S. The molecule has 0 radical (unpaired) electrons. The lowest BCUT2D eigenvalue weighted by Gasteiger charge is -2.12.